The number of allylic oxidation sites excluding steroid dienone is 3. The molecule has 0 saturated carbocycles. The van der Waals surface area contributed by atoms with E-state index in [2.05, 4.69) is 19.2 Å². The van der Waals surface area contributed by atoms with Crippen LogP contribution in [0.4, 0.5) is 0 Å². The highest BCUT2D eigenvalue weighted by Crippen LogP contribution is 2.24. The highest BCUT2D eigenvalue weighted by Gasteiger charge is 2.03. The molecule has 0 aliphatic heterocycles. The Balaban J connectivity index is 2.69. The van der Waals surface area contributed by atoms with Crippen molar-refractivity contribution in [2.24, 2.45) is 5.73 Å². The molecule has 0 aliphatic carbocycles. The second kappa shape index (κ2) is 8.51. The zero-order chi connectivity index (χ0) is 15.0. The molecule has 0 fully saturated rings. The molecule has 0 aliphatic rings. The summed E-state index contributed by atoms with van der Waals surface area (Å²) < 4.78 is 10.9. The standard InChI is InChI=1S/C16H21NO2S/c1-12(2)4-7-15(20)8-9-19-16-10-14(18-3)6-5-13(16)11-17/h4-8,10,20H,1,9,11,17H2,2-3H3/b7-4-,15-8+. The summed E-state index contributed by atoms with van der Waals surface area (Å²) in [6.07, 6.45) is 5.65. The molecule has 0 atom stereocenters. The summed E-state index contributed by atoms with van der Waals surface area (Å²) in [6.45, 7) is 6.56. The van der Waals surface area contributed by atoms with Gasteiger partial charge in [0.25, 0.3) is 0 Å². The van der Waals surface area contributed by atoms with Crippen LogP contribution in [0.5, 0.6) is 11.5 Å². The first kappa shape index (κ1) is 16.4. The number of rotatable bonds is 7. The predicted octanol–water partition coefficient (Wildman–Crippen LogP) is 3.48. The Morgan fingerprint density at radius 1 is 1.40 bits per heavy atom. The van der Waals surface area contributed by atoms with E-state index in [9.17, 15) is 0 Å². The minimum Gasteiger partial charge on any atom is -0.497 e. The summed E-state index contributed by atoms with van der Waals surface area (Å²) in [7, 11) is 1.62. The van der Waals surface area contributed by atoms with Crippen molar-refractivity contribution in [3.8, 4) is 11.5 Å². The number of hydrogen-bond acceptors (Lipinski definition) is 4. The SMILES string of the molecule is C=C(C)/C=C\C(S)=C/COc1cc(OC)ccc1CN. The summed E-state index contributed by atoms with van der Waals surface area (Å²) in [5.41, 5.74) is 7.60. The van der Waals surface area contributed by atoms with E-state index < -0.39 is 0 Å². The van der Waals surface area contributed by atoms with E-state index in [1.54, 1.807) is 7.11 Å². The van der Waals surface area contributed by atoms with E-state index in [1.807, 2.05) is 43.4 Å². The van der Waals surface area contributed by atoms with Crippen LogP contribution >= 0.6 is 12.6 Å². The first-order chi connectivity index (χ1) is 9.56. The molecule has 0 bridgehead atoms. The Hall–Kier alpha value is -1.65. The average molecular weight is 291 g/mol. The molecule has 1 aromatic rings. The number of thiol groups is 1. The van der Waals surface area contributed by atoms with Crippen molar-refractivity contribution in [2.75, 3.05) is 13.7 Å². The molecule has 0 aromatic heterocycles. The first-order valence-corrected chi connectivity index (χ1v) is 6.74. The third kappa shape index (κ3) is 5.55. The fraction of sp³-hybridized carbons (Fsp3) is 0.250. The van der Waals surface area contributed by atoms with Gasteiger partial charge in [0.2, 0.25) is 0 Å². The molecule has 0 unspecified atom stereocenters. The predicted molar refractivity (Wildman–Crippen MR) is 87.4 cm³/mol. The van der Waals surface area contributed by atoms with Gasteiger partial charge in [-0.25, -0.2) is 0 Å². The molecule has 0 radical (unpaired) electrons. The molecule has 1 aromatic carbocycles. The van der Waals surface area contributed by atoms with Gasteiger partial charge in [-0.1, -0.05) is 24.3 Å². The first-order valence-electron chi connectivity index (χ1n) is 6.29. The van der Waals surface area contributed by atoms with Crippen LogP contribution < -0.4 is 15.2 Å². The van der Waals surface area contributed by atoms with Gasteiger partial charge in [0.05, 0.1) is 7.11 Å². The van der Waals surface area contributed by atoms with E-state index in [0.29, 0.717) is 13.2 Å². The lowest BCUT2D eigenvalue weighted by Crippen LogP contribution is -2.03. The summed E-state index contributed by atoms with van der Waals surface area (Å²) in [6, 6.07) is 5.60. The third-order valence-corrected chi connectivity index (χ3v) is 2.90. The summed E-state index contributed by atoms with van der Waals surface area (Å²) >= 11 is 4.34. The monoisotopic (exact) mass is 291 g/mol. The second-order valence-corrected chi connectivity index (χ2v) is 4.81. The van der Waals surface area contributed by atoms with E-state index in [-0.39, 0.29) is 0 Å². The summed E-state index contributed by atoms with van der Waals surface area (Å²) in [5, 5.41) is 0. The topological polar surface area (TPSA) is 44.5 Å². The van der Waals surface area contributed by atoms with Gasteiger partial charge in [-0.3, -0.25) is 0 Å². The van der Waals surface area contributed by atoms with Crippen molar-refractivity contribution in [1.82, 2.24) is 0 Å². The molecule has 3 nitrogen and oxygen atoms in total. The lowest BCUT2D eigenvalue weighted by molar-refractivity contribution is 0.353. The fourth-order valence-electron chi connectivity index (χ4n) is 1.48. The number of hydrogen-bond donors (Lipinski definition) is 2. The normalized spacial score (nSPS) is 11.7. The quantitative estimate of drug-likeness (QED) is 0.597. The van der Waals surface area contributed by atoms with E-state index in [1.165, 1.54) is 0 Å². The highest BCUT2D eigenvalue weighted by molar-refractivity contribution is 7.84. The molecule has 0 spiro atoms. The molecule has 4 heteroatoms. The van der Waals surface area contributed by atoms with Gasteiger partial charge < -0.3 is 15.2 Å². The average Bonchev–Trinajstić information content (AvgIpc) is 2.45. The Labute approximate surface area is 126 Å². The minimum absolute atomic E-state index is 0.416. The number of benzene rings is 1. The molecular formula is C16H21NO2S. The minimum atomic E-state index is 0.416. The maximum absolute atomic E-state index is 5.71. The molecule has 2 N–H and O–H groups in total. The smallest absolute Gasteiger partial charge is 0.127 e. The maximum atomic E-state index is 5.71. The van der Waals surface area contributed by atoms with Crippen LogP contribution in [0.15, 0.2) is 53.5 Å². The van der Waals surface area contributed by atoms with Crippen molar-refractivity contribution >= 4 is 12.6 Å². The van der Waals surface area contributed by atoms with E-state index in [4.69, 9.17) is 15.2 Å². The van der Waals surface area contributed by atoms with Crippen LogP contribution in [0.3, 0.4) is 0 Å². The van der Waals surface area contributed by atoms with Gasteiger partial charge in [0.1, 0.15) is 18.1 Å². The molecule has 108 valence electrons. The van der Waals surface area contributed by atoms with Crippen LogP contribution in [0.1, 0.15) is 12.5 Å². The molecule has 0 saturated heterocycles. The second-order valence-electron chi connectivity index (χ2n) is 4.30. The Kier molecular flexibility index (Phi) is 6.98. The van der Waals surface area contributed by atoms with Gasteiger partial charge >= 0.3 is 0 Å². The molecule has 0 heterocycles. The Morgan fingerprint density at radius 3 is 2.75 bits per heavy atom. The van der Waals surface area contributed by atoms with Crippen LogP contribution in [-0.2, 0) is 6.54 Å². The van der Waals surface area contributed by atoms with Crippen LogP contribution in [0.25, 0.3) is 0 Å². The van der Waals surface area contributed by atoms with Gasteiger partial charge in [-0.2, -0.15) is 0 Å². The van der Waals surface area contributed by atoms with Crippen molar-refractivity contribution in [2.45, 2.75) is 13.5 Å². The van der Waals surface area contributed by atoms with Gasteiger partial charge in [-0.15, -0.1) is 12.6 Å². The third-order valence-electron chi connectivity index (χ3n) is 2.56. The van der Waals surface area contributed by atoms with Crippen molar-refractivity contribution < 1.29 is 9.47 Å². The van der Waals surface area contributed by atoms with Crippen molar-refractivity contribution in [3.63, 3.8) is 0 Å². The largest absolute Gasteiger partial charge is 0.497 e. The fourth-order valence-corrected chi connectivity index (χ4v) is 1.63. The molecule has 1 rings (SSSR count). The van der Waals surface area contributed by atoms with Crippen molar-refractivity contribution in [3.05, 3.63) is 59.0 Å². The van der Waals surface area contributed by atoms with Crippen LogP contribution in [0.2, 0.25) is 0 Å². The van der Waals surface area contributed by atoms with E-state index in [0.717, 1.165) is 27.5 Å². The highest BCUT2D eigenvalue weighted by atomic mass is 32.1. The zero-order valence-electron chi connectivity index (χ0n) is 11.9. The lowest BCUT2D eigenvalue weighted by Gasteiger charge is -2.10. The maximum Gasteiger partial charge on any atom is 0.127 e. The summed E-state index contributed by atoms with van der Waals surface area (Å²) in [4.78, 5) is 0.824. The summed E-state index contributed by atoms with van der Waals surface area (Å²) in [5.74, 6) is 1.47. The number of nitrogens with two attached hydrogens (primary N) is 1. The van der Waals surface area contributed by atoms with Gasteiger partial charge in [0, 0.05) is 23.1 Å². The van der Waals surface area contributed by atoms with Gasteiger partial charge in [0.15, 0.2) is 0 Å². The Morgan fingerprint density at radius 2 is 2.15 bits per heavy atom. The molecule has 0 amide bonds. The molecular weight excluding hydrogens is 270 g/mol. The van der Waals surface area contributed by atoms with E-state index >= 15 is 0 Å². The van der Waals surface area contributed by atoms with Gasteiger partial charge in [-0.05, 0) is 25.1 Å². The number of ether oxygens (including phenoxy) is 2. The Bertz CT molecular complexity index is 521. The van der Waals surface area contributed by atoms with Crippen LogP contribution in [0, 0.1) is 0 Å². The van der Waals surface area contributed by atoms with Crippen molar-refractivity contribution in [1.29, 1.82) is 0 Å². The van der Waals surface area contributed by atoms with Crippen LogP contribution in [-0.4, -0.2) is 13.7 Å². The molecule has 20 heavy (non-hydrogen) atoms. The number of methoxy groups -OCH3 is 1. The lowest BCUT2D eigenvalue weighted by atomic mass is 10.2. The zero-order valence-corrected chi connectivity index (χ0v) is 12.8.